The molecule has 3 aromatic rings. The van der Waals surface area contributed by atoms with Gasteiger partial charge in [-0.25, -0.2) is 23.4 Å². The normalized spacial score (nSPS) is 17.1. The lowest BCUT2D eigenvalue weighted by Crippen LogP contribution is -2.45. The minimum absolute atomic E-state index is 0.108. The van der Waals surface area contributed by atoms with Crippen LogP contribution < -0.4 is 10.2 Å². The zero-order valence-corrected chi connectivity index (χ0v) is 20.3. The van der Waals surface area contributed by atoms with Crippen LogP contribution in [0.4, 0.5) is 5.82 Å². The number of sulfone groups is 1. The molecule has 2 N–H and O–H groups in total. The van der Waals surface area contributed by atoms with E-state index in [0.717, 1.165) is 29.0 Å². The number of fused-ring (bicyclic) bond motifs is 1. The maximum Gasteiger partial charge on any atom is 0.180 e. The van der Waals surface area contributed by atoms with Gasteiger partial charge >= 0.3 is 0 Å². The predicted molar refractivity (Wildman–Crippen MR) is 130 cm³/mol. The fourth-order valence-corrected chi connectivity index (χ4v) is 5.56. The summed E-state index contributed by atoms with van der Waals surface area (Å²) in [6, 6.07) is 7.84. The van der Waals surface area contributed by atoms with Gasteiger partial charge in [-0.3, -0.25) is 0 Å². The Labute approximate surface area is 194 Å². The summed E-state index contributed by atoms with van der Waals surface area (Å²) in [5.41, 5.74) is 3.92. The monoisotopic (exact) mass is 472 g/mol. The van der Waals surface area contributed by atoms with Gasteiger partial charge in [-0.1, -0.05) is 13.8 Å². The molecule has 0 radical (unpaired) electrons. The van der Waals surface area contributed by atoms with Gasteiger partial charge in [0.2, 0.25) is 0 Å². The quantitative estimate of drug-likeness (QED) is 0.489. The van der Waals surface area contributed by atoms with Crippen molar-refractivity contribution in [1.29, 1.82) is 0 Å². The van der Waals surface area contributed by atoms with Gasteiger partial charge < -0.3 is 19.9 Å². The molecule has 0 unspecified atom stereocenters. The maximum atomic E-state index is 12.6. The molecule has 1 aliphatic rings. The van der Waals surface area contributed by atoms with Crippen molar-refractivity contribution in [3.8, 4) is 11.5 Å². The molecule has 0 aromatic carbocycles. The van der Waals surface area contributed by atoms with E-state index in [-0.39, 0.29) is 17.5 Å². The van der Waals surface area contributed by atoms with Gasteiger partial charge in [-0.15, -0.1) is 0 Å². The molecular formula is C23H32N6O3S. The minimum atomic E-state index is -3.25. The molecule has 0 aliphatic carbocycles. The number of morpholine rings is 1. The van der Waals surface area contributed by atoms with E-state index >= 15 is 0 Å². The summed E-state index contributed by atoms with van der Waals surface area (Å²) < 4.78 is 30.8. The summed E-state index contributed by atoms with van der Waals surface area (Å²) in [5.74, 6) is 1.19. The number of pyridine rings is 1. The van der Waals surface area contributed by atoms with Gasteiger partial charge in [-0.05, 0) is 38.1 Å². The van der Waals surface area contributed by atoms with Crippen molar-refractivity contribution in [3.63, 3.8) is 0 Å². The Morgan fingerprint density at radius 3 is 2.82 bits per heavy atom. The zero-order valence-electron chi connectivity index (χ0n) is 19.5. The molecular weight excluding hydrogens is 440 g/mol. The van der Waals surface area contributed by atoms with E-state index in [9.17, 15) is 8.42 Å². The molecule has 1 fully saturated rings. The number of nitrogens with zero attached hydrogens (tertiary/aromatic N) is 4. The first-order valence-corrected chi connectivity index (χ1v) is 13.3. The van der Waals surface area contributed by atoms with E-state index in [1.54, 1.807) is 0 Å². The SMILES string of the molecule is CCCS(=O)(=O)Cc1cc(N2CCOC[C@@H]2CC)nc(-c2ccc3[nH]c(CNC)cc3n2)n1. The number of hydrogen-bond acceptors (Lipinski definition) is 8. The highest BCUT2D eigenvalue weighted by atomic mass is 32.2. The van der Waals surface area contributed by atoms with Crippen LogP contribution >= 0.6 is 0 Å². The number of H-pyrrole nitrogens is 1. The van der Waals surface area contributed by atoms with Crippen LogP contribution in [0.2, 0.25) is 0 Å². The molecule has 4 heterocycles. The number of rotatable bonds is 9. The van der Waals surface area contributed by atoms with E-state index < -0.39 is 9.84 Å². The lowest BCUT2D eigenvalue weighted by atomic mass is 10.1. The summed E-state index contributed by atoms with van der Waals surface area (Å²) in [7, 11) is -1.36. The lowest BCUT2D eigenvalue weighted by Gasteiger charge is -2.36. The molecule has 33 heavy (non-hydrogen) atoms. The van der Waals surface area contributed by atoms with Crippen LogP contribution in [-0.2, 0) is 26.9 Å². The number of aromatic nitrogens is 4. The van der Waals surface area contributed by atoms with E-state index in [2.05, 4.69) is 27.1 Å². The van der Waals surface area contributed by atoms with Gasteiger partial charge in [0.1, 0.15) is 11.5 Å². The average molecular weight is 473 g/mol. The van der Waals surface area contributed by atoms with Crippen LogP contribution in [-0.4, -0.2) is 67.0 Å². The van der Waals surface area contributed by atoms with Crippen LogP contribution in [0, 0.1) is 0 Å². The molecule has 0 bridgehead atoms. The van der Waals surface area contributed by atoms with E-state index in [4.69, 9.17) is 14.7 Å². The second-order valence-corrected chi connectivity index (χ2v) is 10.6. The van der Waals surface area contributed by atoms with Crippen molar-refractivity contribution in [2.24, 2.45) is 0 Å². The fraction of sp³-hybridized carbons (Fsp3) is 0.522. The van der Waals surface area contributed by atoms with E-state index in [0.29, 0.717) is 49.9 Å². The highest BCUT2D eigenvalue weighted by molar-refractivity contribution is 7.90. The highest BCUT2D eigenvalue weighted by Gasteiger charge is 2.25. The van der Waals surface area contributed by atoms with Gasteiger partial charge in [-0.2, -0.15) is 0 Å². The molecule has 0 amide bonds. The summed E-state index contributed by atoms with van der Waals surface area (Å²) >= 11 is 0. The Kier molecular flexibility index (Phi) is 7.26. The Bertz CT molecular complexity index is 1210. The maximum absolute atomic E-state index is 12.6. The number of anilines is 1. The summed E-state index contributed by atoms with van der Waals surface area (Å²) in [6.45, 7) is 6.64. The molecule has 1 saturated heterocycles. The third kappa shape index (κ3) is 5.51. The molecule has 1 aliphatic heterocycles. The van der Waals surface area contributed by atoms with Gasteiger partial charge in [0.15, 0.2) is 15.7 Å². The van der Waals surface area contributed by atoms with Crippen molar-refractivity contribution in [2.45, 2.75) is 45.0 Å². The fourth-order valence-electron chi connectivity index (χ4n) is 4.20. The highest BCUT2D eigenvalue weighted by Crippen LogP contribution is 2.26. The summed E-state index contributed by atoms with van der Waals surface area (Å²) in [6.07, 6.45) is 1.49. The molecule has 0 saturated carbocycles. The third-order valence-corrected chi connectivity index (χ3v) is 7.53. The van der Waals surface area contributed by atoms with Crippen molar-refractivity contribution in [1.82, 2.24) is 25.3 Å². The van der Waals surface area contributed by atoms with E-state index in [1.165, 1.54) is 0 Å². The van der Waals surface area contributed by atoms with Crippen LogP contribution in [0.3, 0.4) is 0 Å². The first kappa shape index (κ1) is 23.6. The van der Waals surface area contributed by atoms with Gasteiger partial charge in [0.05, 0.1) is 47.5 Å². The molecule has 10 heteroatoms. The second kappa shape index (κ2) is 10.1. The Morgan fingerprint density at radius 1 is 1.21 bits per heavy atom. The lowest BCUT2D eigenvalue weighted by molar-refractivity contribution is 0.0925. The Hall–Kier alpha value is -2.56. The molecule has 4 rings (SSSR count). The first-order chi connectivity index (χ1) is 15.9. The topological polar surface area (TPSA) is 113 Å². The molecule has 9 nitrogen and oxygen atoms in total. The molecule has 178 valence electrons. The van der Waals surface area contributed by atoms with Crippen LogP contribution in [0.25, 0.3) is 22.6 Å². The Morgan fingerprint density at radius 2 is 2.06 bits per heavy atom. The summed E-state index contributed by atoms with van der Waals surface area (Å²) in [4.78, 5) is 19.8. The first-order valence-electron chi connectivity index (χ1n) is 11.5. The summed E-state index contributed by atoms with van der Waals surface area (Å²) in [5, 5.41) is 3.13. The van der Waals surface area contributed by atoms with Crippen LogP contribution in [0.15, 0.2) is 24.3 Å². The van der Waals surface area contributed by atoms with Crippen molar-refractivity contribution >= 4 is 26.7 Å². The van der Waals surface area contributed by atoms with Gasteiger partial charge in [0.25, 0.3) is 0 Å². The minimum Gasteiger partial charge on any atom is -0.377 e. The Balaban J connectivity index is 1.77. The van der Waals surface area contributed by atoms with Crippen LogP contribution in [0.1, 0.15) is 38.1 Å². The largest absolute Gasteiger partial charge is 0.377 e. The van der Waals surface area contributed by atoms with E-state index in [1.807, 2.05) is 38.2 Å². The third-order valence-electron chi connectivity index (χ3n) is 5.77. The molecule has 0 spiro atoms. The van der Waals surface area contributed by atoms with Gasteiger partial charge in [0, 0.05) is 24.8 Å². The average Bonchev–Trinajstić information content (AvgIpc) is 3.20. The second-order valence-electron chi connectivity index (χ2n) is 8.42. The smallest absolute Gasteiger partial charge is 0.180 e. The molecule has 3 aromatic heterocycles. The van der Waals surface area contributed by atoms with Crippen molar-refractivity contribution in [2.75, 3.05) is 37.5 Å². The van der Waals surface area contributed by atoms with Crippen molar-refractivity contribution < 1.29 is 13.2 Å². The number of nitrogens with one attached hydrogen (secondary N) is 2. The van der Waals surface area contributed by atoms with Crippen LogP contribution in [0.5, 0.6) is 0 Å². The predicted octanol–water partition coefficient (Wildman–Crippen LogP) is 2.68. The zero-order chi connectivity index (χ0) is 23.4. The number of aromatic amines is 1. The number of hydrogen-bond donors (Lipinski definition) is 2. The standard InChI is InChI=1S/C23H32N6O3S/c1-4-10-33(30,31)15-17-12-22(29-8-9-32-14-18(29)5-2)28-23(26-17)20-7-6-19-21(27-20)11-16(25-19)13-24-3/h6-7,11-12,18,24-25H,4-5,8-10,13-15H2,1-3H3/t18-/m0/s1. The molecule has 1 atom stereocenters. The number of ether oxygens (including phenoxy) is 1. The van der Waals surface area contributed by atoms with Crippen molar-refractivity contribution in [3.05, 3.63) is 35.7 Å².